The van der Waals surface area contributed by atoms with Gasteiger partial charge in [0.2, 0.25) is 5.91 Å². The van der Waals surface area contributed by atoms with E-state index in [9.17, 15) is 14.4 Å². The van der Waals surface area contributed by atoms with Crippen molar-refractivity contribution in [2.24, 2.45) is 0 Å². The molecule has 2 heterocycles. The Morgan fingerprint density at radius 3 is 2.48 bits per heavy atom. The van der Waals surface area contributed by atoms with Crippen LogP contribution in [0.3, 0.4) is 0 Å². The molecule has 1 saturated heterocycles. The molecule has 0 spiro atoms. The molecule has 1 aliphatic heterocycles. The molecule has 0 unspecified atom stereocenters. The van der Waals surface area contributed by atoms with Gasteiger partial charge in [0.25, 0.3) is 5.91 Å². The topological polar surface area (TPSA) is 91.5 Å². The van der Waals surface area contributed by atoms with Crippen molar-refractivity contribution in [3.05, 3.63) is 22.5 Å². The first-order valence-electron chi connectivity index (χ1n) is 7.85. The summed E-state index contributed by atoms with van der Waals surface area (Å²) >= 11 is 0. The van der Waals surface area contributed by atoms with E-state index in [2.05, 4.69) is 10.3 Å². The van der Waals surface area contributed by atoms with Gasteiger partial charge < -0.3 is 19.9 Å². The molecular weight excluding hydrogens is 298 g/mol. The third-order valence-electron chi connectivity index (χ3n) is 4.16. The number of nitrogens with one attached hydrogen (secondary N) is 2. The second-order valence-corrected chi connectivity index (χ2v) is 5.59. The highest BCUT2D eigenvalue weighted by atomic mass is 16.5. The summed E-state index contributed by atoms with van der Waals surface area (Å²) in [7, 11) is 1.31. The monoisotopic (exact) mass is 321 g/mol. The number of rotatable bonds is 5. The number of amides is 2. The predicted molar refractivity (Wildman–Crippen MR) is 84.4 cm³/mol. The van der Waals surface area contributed by atoms with Gasteiger partial charge in [-0.1, -0.05) is 6.92 Å². The van der Waals surface area contributed by atoms with Crippen LogP contribution in [0.25, 0.3) is 0 Å². The maximum Gasteiger partial charge on any atom is 0.339 e. The van der Waals surface area contributed by atoms with Crippen LogP contribution in [0.4, 0.5) is 0 Å². The highest BCUT2D eigenvalue weighted by Gasteiger charge is 2.24. The highest BCUT2D eigenvalue weighted by molar-refractivity contribution is 6.01. The minimum Gasteiger partial charge on any atom is -0.465 e. The molecule has 126 valence electrons. The van der Waals surface area contributed by atoms with Gasteiger partial charge in [0.1, 0.15) is 5.69 Å². The largest absolute Gasteiger partial charge is 0.465 e. The Morgan fingerprint density at radius 1 is 1.26 bits per heavy atom. The van der Waals surface area contributed by atoms with Gasteiger partial charge in [-0.3, -0.25) is 9.59 Å². The van der Waals surface area contributed by atoms with Gasteiger partial charge in [0.15, 0.2) is 0 Å². The lowest BCUT2D eigenvalue weighted by molar-refractivity contribution is -0.129. The number of likely N-dealkylation sites (tertiary alicyclic amines) is 1. The van der Waals surface area contributed by atoms with Crippen molar-refractivity contribution >= 4 is 17.8 Å². The number of esters is 1. The predicted octanol–water partition coefficient (Wildman–Crippen LogP) is 1.02. The van der Waals surface area contributed by atoms with Crippen molar-refractivity contribution in [1.29, 1.82) is 0 Å². The summed E-state index contributed by atoms with van der Waals surface area (Å²) in [5.41, 5.74) is 1.90. The van der Waals surface area contributed by atoms with E-state index in [4.69, 9.17) is 4.74 Å². The molecule has 1 aromatic rings. The van der Waals surface area contributed by atoms with Gasteiger partial charge in [-0.05, 0) is 31.7 Å². The first-order chi connectivity index (χ1) is 11.0. The molecule has 0 radical (unpaired) electrons. The summed E-state index contributed by atoms with van der Waals surface area (Å²) in [6.45, 7) is 5.05. The summed E-state index contributed by atoms with van der Waals surface area (Å²) < 4.78 is 4.77. The van der Waals surface area contributed by atoms with Crippen molar-refractivity contribution < 1.29 is 19.1 Å². The molecule has 2 N–H and O–H groups in total. The van der Waals surface area contributed by atoms with Gasteiger partial charge in [0.05, 0.1) is 19.2 Å². The van der Waals surface area contributed by atoms with Gasteiger partial charge >= 0.3 is 5.97 Å². The number of carbonyl (C=O) groups is 3. The second-order valence-electron chi connectivity index (χ2n) is 5.59. The van der Waals surface area contributed by atoms with Crippen molar-refractivity contribution in [2.45, 2.75) is 33.1 Å². The van der Waals surface area contributed by atoms with E-state index in [1.165, 1.54) is 7.11 Å². The third kappa shape index (κ3) is 3.55. The zero-order valence-electron chi connectivity index (χ0n) is 13.8. The quantitative estimate of drug-likeness (QED) is 0.792. The number of hydrogen-bond donors (Lipinski definition) is 2. The van der Waals surface area contributed by atoms with Crippen LogP contribution in [0, 0.1) is 6.92 Å². The molecule has 1 aromatic heterocycles. The average Bonchev–Trinajstić information content (AvgIpc) is 3.19. The van der Waals surface area contributed by atoms with Crippen molar-refractivity contribution in [3.63, 3.8) is 0 Å². The molecular formula is C16H23N3O4. The Kier molecular flexibility index (Phi) is 5.41. The minimum absolute atomic E-state index is 0.0354. The fourth-order valence-electron chi connectivity index (χ4n) is 2.85. The summed E-state index contributed by atoms with van der Waals surface area (Å²) in [4.78, 5) is 40.9. The lowest BCUT2D eigenvalue weighted by Gasteiger charge is -2.15. The third-order valence-corrected chi connectivity index (χ3v) is 4.16. The Balaban J connectivity index is 2.08. The number of H-pyrrole nitrogens is 1. The molecule has 7 heteroatoms. The lowest BCUT2D eigenvalue weighted by Crippen LogP contribution is -2.38. The summed E-state index contributed by atoms with van der Waals surface area (Å²) in [5, 5.41) is 2.62. The van der Waals surface area contributed by atoms with Gasteiger partial charge in [-0.2, -0.15) is 0 Å². The van der Waals surface area contributed by atoms with Gasteiger partial charge in [-0.15, -0.1) is 0 Å². The molecule has 2 rings (SSSR count). The SMILES string of the molecule is CCc1[nH]c(C(=O)NCC(=O)N2CCCC2)c(C)c1C(=O)OC. The smallest absolute Gasteiger partial charge is 0.339 e. The molecule has 0 aromatic carbocycles. The van der Waals surface area contributed by atoms with E-state index < -0.39 is 5.97 Å². The van der Waals surface area contributed by atoms with Crippen LogP contribution >= 0.6 is 0 Å². The van der Waals surface area contributed by atoms with Gasteiger partial charge in [0, 0.05) is 18.8 Å². The number of ether oxygens (including phenoxy) is 1. The first-order valence-corrected chi connectivity index (χ1v) is 7.85. The number of aromatic nitrogens is 1. The second kappa shape index (κ2) is 7.30. The van der Waals surface area contributed by atoms with Gasteiger partial charge in [-0.25, -0.2) is 4.79 Å². The van der Waals surface area contributed by atoms with Crippen molar-refractivity contribution in [2.75, 3.05) is 26.7 Å². The average molecular weight is 321 g/mol. The molecule has 1 aliphatic rings. The zero-order chi connectivity index (χ0) is 17.0. The first kappa shape index (κ1) is 17.1. The maximum absolute atomic E-state index is 12.3. The number of hydrogen-bond acceptors (Lipinski definition) is 4. The Bertz CT molecular complexity index is 615. The van der Waals surface area contributed by atoms with Crippen LogP contribution in [-0.2, 0) is 16.0 Å². The molecule has 23 heavy (non-hydrogen) atoms. The number of carbonyl (C=O) groups excluding carboxylic acids is 3. The summed E-state index contributed by atoms with van der Waals surface area (Å²) in [6, 6.07) is 0. The van der Waals surface area contributed by atoms with Crippen molar-refractivity contribution in [1.82, 2.24) is 15.2 Å². The fourth-order valence-corrected chi connectivity index (χ4v) is 2.85. The standard InChI is InChI=1S/C16H23N3O4/c1-4-11-13(16(22)23-3)10(2)14(18-11)15(21)17-9-12(20)19-7-5-6-8-19/h18H,4-9H2,1-3H3,(H,17,21). The Labute approximate surface area is 135 Å². The number of methoxy groups -OCH3 is 1. The molecule has 2 amide bonds. The van der Waals surface area contributed by atoms with E-state index in [0.29, 0.717) is 28.9 Å². The van der Waals surface area contributed by atoms with E-state index in [1.807, 2.05) is 6.92 Å². The zero-order valence-corrected chi connectivity index (χ0v) is 13.8. The minimum atomic E-state index is -0.470. The lowest BCUT2D eigenvalue weighted by atomic mass is 10.1. The fraction of sp³-hybridized carbons (Fsp3) is 0.562. The van der Waals surface area contributed by atoms with E-state index in [0.717, 1.165) is 25.9 Å². The van der Waals surface area contributed by atoms with Crippen molar-refractivity contribution in [3.8, 4) is 0 Å². The van der Waals surface area contributed by atoms with E-state index in [-0.39, 0.29) is 18.4 Å². The van der Waals surface area contributed by atoms with E-state index >= 15 is 0 Å². The van der Waals surface area contributed by atoms with E-state index in [1.54, 1.807) is 11.8 Å². The van der Waals surface area contributed by atoms with Crippen LogP contribution in [0.2, 0.25) is 0 Å². The Morgan fingerprint density at radius 2 is 1.91 bits per heavy atom. The molecule has 1 fully saturated rings. The van der Waals surface area contributed by atoms with Crippen LogP contribution in [0.15, 0.2) is 0 Å². The molecule has 0 atom stereocenters. The summed E-state index contributed by atoms with van der Waals surface area (Å²) in [6.07, 6.45) is 2.60. The summed E-state index contributed by atoms with van der Waals surface area (Å²) in [5.74, 6) is -0.938. The Hall–Kier alpha value is -2.31. The molecule has 0 bridgehead atoms. The number of aromatic amines is 1. The molecule has 7 nitrogen and oxygen atoms in total. The molecule has 0 saturated carbocycles. The number of nitrogens with zero attached hydrogens (tertiary/aromatic N) is 1. The molecule has 0 aliphatic carbocycles. The van der Waals surface area contributed by atoms with Crippen LogP contribution in [0.1, 0.15) is 51.9 Å². The highest BCUT2D eigenvalue weighted by Crippen LogP contribution is 2.20. The number of aryl methyl sites for hydroxylation is 1. The normalized spacial score (nSPS) is 14.0. The van der Waals surface area contributed by atoms with Crippen LogP contribution in [0.5, 0.6) is 0 Å². The van der Waals surface area contributed by atoms with Crippen LogP contribution in [-0.4, -0.2) is 54.4 Å². The maximum atomic E-state index is 12.3. The van der Waals surface area contributed by atoms with Crippen LogP contribution < -0.4 is 5.32 Å².